The Morgan fingerprint density at radius 2 is 1.54 bits per heavy atom. The number of aliphatic hydroxyl groups excluding tert-OH is 1. The van der Waals surface area contributed by atoms with Crippen molar-refractivity contribution in [2.24, 2.45) is 5.41 Å². The topological polar surface area (TPSA) is 61.4 Å². The number of nitrogens with one attached hydrogen (secondary N) is 2. The number of amides is 1. The predicted octanol–water partition coefficient (Wildman–Crippen LogP) is 6.63. The highest BCUT2D eigenvalue weighted by Crippen LogP contribution is 2.38. The van der Waals surface area contributed by atoms with Gasteiger partial charge in [0.25, 0.3) is 0 Å². The minimum atomic E-state index is -0.974. The first-order chi connectivity index (χ1) is 19.5. The van der Waals surface area contributed by atoms with E-state index in [2.05, 4.69) is 55.7 Å². The highest BCUT2D eigenvalue weighted by molar-refractivity contribution is 5.79. The lowest BCUT2D eigenvalue weighted by Gasteiger charge is -2.40. The SMILES string of the molecule is CC(C)(C)Cc1cccc(C2(NC[C@H](O)[C@H](Cc3cc(F)cc(F)c3)NC(=O)Cc3ccccc3)CCCCC2)c1. The van der Waals surface area contributed by atoms with Crippen molar-refractivity contribution in [2.45, 2.75) is 89.8 Å². The van der Waals surface area contributed by atoms with E-state index < -0.39 is 23.8 Å². The molecular formula is C35H44F2N2O2. The first-order valence-corrected chi connectivity index (χ1v) is 14.8. The van der Waals surface area contributed by atoms with E-state index in [1.54, 1.807) is 0 Å². The van der Waals surface area contributed by atoms with Gasteiger partial charge in [-0.15, -0.1) is 0 Å². The highest BCUT2D eigenvalue weighted by atomic mass is 19.1. The number of rotatable bonds is 11. The average molecular weight is 563 g/mol. The molecule has 41 heavy (non-hydrogen) atoms. The molecule has 3 N–H and O–H groups in total. The molecule has 0 heterocycles. The van der Waals surface area contributed by atoms with E-state index in [-0.39, 0.29) is 36.2 Å². The fourth-order valence-electron chi connectivity index (χ4n) is 6.06. The zero-order chi connectivity index (χ0) is 29.5. The van der Waals surface area contributed by atoms with Crippen LogP contribution in [0, 0.1) is 17.0 Å². The van der Waals surface area contributed by atoms with Gasteiger partial charge < -0.3 is 15.7 Å². The maximum Gasteiger partial charge on any atom is 0.224 e. The summed E-state index contributed by atoms with van der Waals surface area (Å²) in [5.74, 6) is -1.61. The molecule has 1 saturated carbocycles. The van der Waals surface area contributed by atoms with Gasteiger partial charge in [0.2, 0.25) is 5.91 Å². The summed E-state index contributed by atoms with van der Waals surface area (Å²) in [6.07, 6.45) is 5.52. The van der Waals surface area contributed by atoms with E-state index in [0.717, 1.165) is 43.7 Å². The number of hydrogen-bond acceptors (Lipinski definition) is 3. The monoisotopic (exact) mass is 562 g/mol. The Kier molecular flexibility index (Phi) is 10.3. The maximum absolute atomic E-state index is 14.0. The summed E-state index contributed by atoms with van der Waals surface area (Å²) >= 11 is 0. The molecule has 1 aliphatic carbocycles. The van der Waals surface area contributed by atoms with Crippen LogP contribution in [0.4, 0.5) is 8.78 Å². The molecule has 0 radical (unpaired) electrons. The minimum Gasteiger partial charge on any atom is -0.390 e. The Morgan fingerprint density at radius 1 is 0.878 bits per heavy atom. The average Bonchev–Trinajstić information content (AvgIpc) is 2.91. The first kappa shape index (κ1) is 30.9. The number of aliphatic hydroxyl groups is 1. The molecule has 0 saturated heterocycles. The molecule has 3 aromatic carbocycles. The second-order valence-electron chi connectivity index (χ2n) is 12.8. The molecule has 3 aromatic rings. The number of benzene rings is 3. The van der Waals surface area contributed by atoms with E-state index in [9.17, 15) is 18.7 Å². The Labute approximate surface area is 243 Å². The lowest BCUT2D eigenvalue weighted by molar-refractivity contribution is -0.122. The molecule has 220 valence electrons. The van der Waals surface area contributed by atoms with Crippen molar-refractivity contribution in [3.05, 3.63) is 107 Å². The largest absolute Gasteiger partial charge is 0.390 e. The summed E-state index contributed by atoms with van der Waals surface area (Å²) in [5, 5.41) is 18.1. The molecule has 0 aliphatic heterocycles. The quantitative estimate of drug-likeness (QED) is 0.246. The summed E-state index contributed by atoms with van der Waals surface area (Å²) in [6.45, 7) is 6.95. The van der Waals surface area contributed by atoms with Crippen LogP contribution in [0.15, 0.2) is 72.8 Å². The fourth-order valence-corrected chi connectivity index (χ4v) is 6.06. The van der Waals surface area contributed by atoms with Gasteiger partial charge in [-0.1, -0.05) is 94.6 Å². The molecule has 4 nitrogen and oxygen atoms in total. The number of hydrogen-bond donors (Lipinski definition) is 3. The lowest BCUT2D eigenvalue weighted by atomic mass is 9.75. The van der Waals surface area contributed by atoms with Crippen LogP contribution in [-0.2, 0) is 29.6 Å². The zero-order valence-corrected chi connectivity index (χ0v) is 24.6. The lowest BCUT2D eigenvalue weighted by Crippen LogP contribution is -2.53. The van der Waals surface area contributed by atoms with Crippen LogP contribution in [0.1, 0.15) is 75.1 Å². The van der Waals surface area contributed by atoms with E-state index in [4.69, 9.17) is 0 Å². The van der Waals surface area contributed by atoms with Gasteiger partial charge in [-0.2, -0.15) is 0 Å². The van der Waals surface area contributed by atoms with Crippen molar-refractivity contribution in [1.82, 2.24) is 10.6 Å². The van der Waals surface area contributed by atoms with E-state index in [1.165, 1.54) is 29.7 Å². The number of carbonyl (C=O) groups excluding carboxylic acids is 1. The van der Waals surface area contributed by atoms with Crippen LogP contribution >= 0.6 is 0 Å². The molecule has 0 spiro atoms. The Bertz CT molecular complexity index is 1260. The number of halogens is 2. The summed E-state index contributed by atoms with van der Waals surface area (Å²) < 4.78 is 28.0. The molecule has 1 aliphatic rings. The number of carbonyl (C=O) groups is 1. The van der Waals surface area contributed by atoms with Crippen molar-refractivity contribution in [3.8, 4) is 0 Å². The third-order valence-electron chi connectivity index (χ3n) is 7.97. The molecule has 2 atom stereocenters. The first-order valence-electron chi connectivity index (χ1n) is 14.8. The van der Waals surface area contributed by atoms with Gasteiger partial charge in [0.15, 0.2) is 0 Å². The molecule has 1 fully saturated rings. The molecule has 4 rings (SSSR count). The molecule has 6 heteroatoms. The molecule has 0 aromatic heterocycles. The summed E-state index contributed by atoms with van der Waals surface area (Å²) in [7, 11) is 0. The van der Waals surface area contributed by atoms with Gasteiger partial charge in [0, 0.05) is 18.2 Å². The standard InChI is InChI=1S/C35H44F2N2O2/c1-34(2,3)23-26-13-10-14-28(17-26)35(15-8-5-9-16-35)38-24-32(40)31(20-27-18-29(36)22-30(37)19-27)39-33(41)21-25-11-6-4-7-12-25/h4,6-7,10-14,17-19,22,31-32,38,40H,5,8-9,15-16,20-21,23-24H2,1-3H3,(H,39,41)/t31-,32-/m0/s1. The highest BCUT2D eigenvalue weighted by Gasteiger charge is 2.35. The van der Waals surface area contributed by atoms with Crippen LogP contribution in [-0.4, -0.2) is 29.7 Å². The van der Waals surface area contributed by atoms with Crippen molar-refractivity contribution < 1.29 is 18.7 Å². The third kappa shape index (κ3) is 9.20. The van der Waals surface area contributed by atoms with E-state index in [0.29, 0.717) is 5.56 Å². The van der Waals surface area contributed by atoms with Gasteiger partial charge in [-0.3, -0.25) is 4.79 Å². The van der Waals surface area contributed by atoms with Crippen molar-refractivity contribution in [3.63, 3.8) is 0 Å². The van der Waals surface area contributed by atoms with Crippen molar-refractivity contribution in [1.29, 1.82) is 0 Å². The Morgan fingerprint density at radius 3 is 2.20 bits per heavy atom. The van der Waals surface area contributed by atoms with Crippen molar-refractivity contribution >= 4 is 5.91 Å². The Balaban J connectivity index is 1.53. The van der Waals surface area contributed by atoms with E-state index in [1.807, 2.05) is 30.3 Å². The normalized spacial score (nSPS) is 16.6. The maximum atomic E-state index is 14.0. The fraction of sp³-hybridized carbons (Fsp3) is 0.457. The van der Waals surface area contributed by atoms with Crippen molar-refractivity contribution in [2.75, 3.05) is 6.54 Å². The van der Waals surface area contributed by atoms with Gasteiger partial charge in [0.05, 0.1) is 18.6 Å². The third-order valence-corrected chi connectivity index (χ3v) is 7.97. The van der Waals surface area contributed by atoms with Gasteiger partial charge in [-0.05, 0) is 65.5 Å². The van der Waals surface area contributed by atoms with E-state index >= 15 is 0 Å². The predicted molar refractivity (Wildman–Crippen MR) is 161 cm³/mol. The Hall–Kier alpha value is -3.09. The van der Waals surface area contributed by atoms with Crippen LogP contribution in [0.3, 0.4) is 0 Å². The van der Waals surface area contributed by atoms with Gasteiger partial charge >= 0.3 is 0 Å². The second kappa shape index (κ2) is 13.7. The van der Waals surface area contributed by atoms with Crippen LogP contribution < -0.4 is 10.6 Å². The smallest absolute Gasteiger partial charge is 0.224 e. The van der Waals surface area contributed by atoms with Crippen LogP contribution in [0.25, 0.3) is 0 Å². The summed E-state index contributed by atoms with van der Waals surface area (Å²) in [6, 6.07) is 20.7. The zero-order valence-electron chi connectivity index (χ0n) is 24.6. The summed E-state index contributed by atoms with van der Waals surface area (Å²) in [4.78, 5) is 13.0. The van der Waals surface area contributed by atoms with Gasteiger partial charge in [-0.25, -0.2) is 8.78 Å². The molecule has 1 amide bonds. The van der Waals surface area contributed by atoms with Gasteiger partial charge in [0.1, 0.15) is 11.6 Å². The van der Waals surface area contributed by atoms with Crippen LogP contribution in [0.2, 0.25) is 0 Å². The molecular weight excluding hydrogens is 518 g/mol. The minimum absolute atomic E-state index is 0.103. The van der Waals surface area contributed by atoms with Crippen LogP contribution in [0.5, 0.6) is 0 Å². The second-order valence-corrected chi connectivity index (χ2v) is 12.8. The molecule has 0 unspecified atom stereocenters. The summed E-state index contributed by atoms with van der Waals surface area (Å²) in [5.41, 5.74) is 3.64. The molecule has 0 bridgehead atoms.